The van der Waals surface area contributed by atoms with E-state index in [-0.39, 0.29) is 17.5 Å². The number of aromatic nitrogens is 1. The average Bonchev–Trinajstić information content (AvgIpc) is 2.99. The number of Topliss-reactive ketones (excluding diaryl/α,β-unsaturated/α-hetero) is 2. The molecule has 0 unspecified atom stereocenters. The average molecular weight is 541 g/mol. The van der Waals surface area contributed by atoms with Crippen LogP contribution in [-0.2, 0) is 6.54 Å². The number of piperidine rings is 2. The minimum absolute atomic E-state index is 0.0202. The van der Waals surface area contributed by atoms with Crippen molar-refractivity contribution in [2.24, 2.45) is 11.8 Å². The molecule has 6 nitrogen and oxygen atoms in total. The fraction of sp³-hybridized carbons (Fsp3) is 0.375. The van der Waals surface area contributed by atoms with E-state index in [1.807, 2.05) is 36.4 Å². The SMILES string of the molecule is N#Cc1ccc(CN2CCC(CC(=O)c3ccc(N4CCC(C(=O)c5ccc(Cl)cc5)CC4)cn3)CC2)cc1. The smallest absolute Gasteiger partial charge is 0.181 e. The molecule has 0 bridgehead atoms. The molecule has 2 aliphatic heterocycles. The van der Waals surface area contributed by atoms with Crippen LogP contribution in [0.2, 0.25) is 5.02 Å². The van der Waals surface area contributed by atoms with Crippen molar-refractivity contribution in [3.63, 3.8) is 0 Å². The van der Waals surface area contributed by atoms with Crippen molar-refractivity contribution < 1.29 is 9.59 Å². The number of hydrogen-bond donors (Lipinski definition) is 0. The summed E-state index contributed by atoms with van der Waals surface area (Å²) in [7, 11) is 0. The lowest BCUT2D eigenvalue weighted by Crippen LogP contribution is -2.36. The van der Waals surface area contributed by atoms with Crippen LogP contribution in [0.4, 0.5) is 5.69 Å². The van der Waals surface area contributed by atoms with Crippen LogP contribution >= 0.6 is 11.6 Å². The highest BCUT2D eigenvalue weighted by atomic mass is 35.5. The zero-order valence-corrected chi connectivity index (χ0v) is 22.8. The van der Waals surface area contributed by atoms with Crippen molar-refractivity contribution in [2.45, 2.75) is 38.6 Å². The Bertz CT molecular complexity index is 1320. The predicted octanol–water partition coefficient (Wildman–Crippen LogP) is 6.19. The third-order valence-corrected chi connectivity index (χ3v) is 8.32. The van der Waals surface area contributed by atoms with Crippen molar-refractivity contribution in [3.05, 3.63) is 94.3 Å². The molecule has 0 amide bonds. The van der Waals surface area contributed by atoms with Gasteiger partial charge in [-0.25, -0.2) is 0 Å². The van der Waals surface area contributed by atoms with E-state index in [0.717, 1.165) is 69.7 Å². The van der Waals surface area contributed by atoms with Crippen LogP contribution < -0.4 is 4.90 Å². The third kappa shape index (κ3) is 6.92. The second-order valence-corrected chi connectivity index (χ2v) is 11.1. The lowest BCUT2D eigenvalue weighted by Gasteiger charge is -2.33. The second-order valence-electron chi connectivity index (χ2n) is 10.7. The maximum absolute atomic E-state index is 12.9. The summed E-state index contributed by atoms with van der Waals surface area (Å²) in [6.07, 6.45) is 5.94. The molecule has 7 heteroatoms. The van der Waals surface area contributed by atoms with Gasteiger partial charge in [0.25, 0.3) is 0 Å². The summed E-state index contributed by atoms with van der Waals surface area (Å²) in [5, 5.41) is 9.60. The molecule has 200 valence electrons. The minimum atomic E-state index is 0.0202. The molecule has 0 radical (unpaired) electrons. The van der Waals surface area contributed by atoms with Gasteiger partial charge in [0, 0.05) is 42.6 Å². The number of likely N-dealkylation sites (tertiary alicyclic amines) is 1. The van der Waals surface area contributed by atoms with Crippen LogP contribution in [-0.4, -0.2) is 47.6 Å². The molecule has 0 atom stereocenters. The Morgan fingerprint density at radius 1 is 0.897 bits per heavy atom. The molecule has 39 heavy (non-hydrogen) atoms. The van der Waals surface area contributed by atoms with Crippen molar-refractivity contribution in [3.8, 4) is 6.07 Å². The third-order valence-electron chi connectivity index (χ3n) is 8.06. The highest BCUT2D eigenvalue weighted by molar-refractivity contribution is 6.30. The fourth-order valence-electron chi connectivity index (χ4n) is 5.65. The molecule has 1 aromatic heterocycles. The van der Waals surface area contributed by atoms with E-state index in [9.17, 15) is 9.59 Å². The molecule has 5 rings (SSSR count). The first-order chi connectivity index (χ1) is 19.0. The van der Waals surface area contributed by atoms with Gasteiger partial charge in [-0.15, -0.1) is 0 Å². The number of rotatable bonds is 8. The van der Waals surface area contributed by atoms with E-state index < -0.39 is 0 Å². The monoisotopic (exact) mass is 540 g/mol. The van der Waals surface area contributed by atoms with E-state index in [4.69, 9.17) is 16.9 Å². The van der Waals surface area contributed by atoms with Gasteiger partial charge in [-0.05, 0) is 98.8 Å². The number of carbonyl (C=O) groups is 2. The molecule has 0 aliphatic carbocycles. The van der Waals surface area contributed by atoms with Crippen LogP contribution in [0, 0.1) is 23.2 Å². The van der Waals surface area contributed by atoms with Gasteiger partial charge in [-0.1, -0.05) is 23.7 Å². The van der Waals surface area contributed by atoms with Gasteiger partial charge < -0.3 is 4.90 Å². The molecule has 3 aromatic rings. The summed E-state index contributed by atoms with van der Waals surface area (Å²) >= 11 is 5.95. The topological polar surface area (TPSA) is 77.3 Å². The first-order valence-electron chi connectivity index (χ1n) is 13.7. The van der Waals surface area contributed by atoms with Crippen LogP contribution in [0.15, 0.2) is 66.9 Å². The quantitative estimate of drug-likeness (QED) is 0.317. The number of ketones is 2. The summed E-state index contributed by atoms with van der Waals surface area (Å²) in [6.45, 7) is 4.41. The Morgan fingerprint density at radius 3 is 2.21 bits per heavy atom. The molecular formula is C32H33ClN4O2. The van der Waals surface area contributed by atoms with Crippen LogP contribution in [0.5, 0.6) is 0 Å². The molecule has 3 heterocycles. The molecule has 0 N–H and O–H groups in total. The van der Waals surface area contributed by atoms with Crippen molar-refractivity contribution in [1.29, 1.82) is 5.26 Å². The van der Waals surface area contributed by atoms with E-state index in [0.29, 0.717) is 28.6 Å². The molecule has 0 saturated carbocycles. The van der Waals surface area contributed by atoms with Gasteiger partial charge in [0.1, 0.15) is 5.69 Å². The van der Waals surface area contributed by atoms with Crippen molar-refractivity contribution >= 4 is 28.9 Å². The van der Waals surface area contributed by atoms with Gasteiger partial charge in [0.05, 0.1) is 23.5 Å². The first-order valence-corrected chi connectivity index (χ1v) is 14.1. The molecular weight excluding hydrogens is 508 g/mol. The van der Waals surface area contributed by atoms with Crippen LogP contribution in [0.25, 0.3) is 0 Å². The number of anilines is 1. The van der Waals surface area contributed by atoms with Crippen LogP contribution in [0.3, 0.4) is 0 Å². The highest BCUT2D eigenvalue weighted by Crippen LogP contribution is 2.27. The summed E-state index contributed by atoms with van der Waals surface area (Å²) < 4.78 is 0. The predicted molar refractivity (Wildman–Crippen MR) is 153 cm³/mol. The molecule has 2 saturated heterocycles. The standard InChI is InChI=1S/C32H33ClN4O2/c33-28-7-5-26(6-8-28)32(39)27-13-17-37(18-14-27)29-9-10-30(35-21-29)31(38)19-23-11-15-36(16-12-23)22-25-3-1-24(20-34)2-4-25/h1-10,21,23,27H,11-19,22H2. The van der Waals surface area contributed by atoms with E-state index >= 15 is 0 Å². The van der Waals surface area contributed by atoms with E-state index in [2.05, 4.69) is 20.9 Å². The number of hydrogen-bond acceptors (Lipinski definition) is 6. The molecule has 0 spiro atoms. The van der Waals surface area contributed by atoms with E-state index in [1.165, 1.54) is 5.56 Å². The number of carbonyl (C=O) groups excluding carboxylic acids is 2. The minimum Gasteiger partial charge on any atom is -0.370 e. The Balaban J connectivity index is 1.06. The zero-order chi connectivity index (χ0) is 27.2. The Kier molecular flexibility index (Phi) is 8.71. The lowest BCUT2D eigenvalue weighted by atomic mass is 9.88. The second kappa shape index (κ2) is 12.5. The summed E-state index contributed by atoms with van der Waals surface area (Å²) in [5.74, 6) is 0.699. The number of halogens is 1. The summed E-state index contributed by atoms with van der Waals surface area (Å²) in [6, 6.07) is 20.9. The Hall–Kier alpha value is -3.53. The summed E-state index contributed by atoms with van der Waals surface area (Å²) in [5.41, 5.74) is 4.15. The Morgan fingerprint density at radius 2 is 1.59 bits per heavy atom. The summed E-state index contributed by atoms with van der Waals surface area (Å²) in [4.78, 5) is 35.0. The maximum Gasteiger partial charge on any atom is 0.181 e. The van der Waals surface area contributed by atoms with Crippen LogP contribution in [0.1, 0.15) is 64.1 Å². The lowest BCUT2D eigenvalue weighted by molar-refractivity contribution is 0.0897. The fourth-order valence-corrected chi connectivity index (χ4v) is 5.77. The van der Waals surface area contributed by atoms with Gasteiger partial charge in [-0.2, -0.15) is 5.26 Å². The Labute approximate surface area is 235 Å². The van der Waals surface area contributed by atoms with Gasteiger partial charge in [-0.3, -0.25) is 19.5 Å². The number of nitrogens with zero attached hydrogens (tertiary/aromatic N) is 4. The molecule has 2 aliphatic rings. The van der Waals surface area contributed by atoms with Gasteiger partial charge in [0.15, 0.2) is 11.6 Å². The van der Waals surface area contributed by atoms with Gasteiger partial charge in [0.2, 0.25) is 0 Å². The van der Waals surface area contributed by atoms with Crippen molar-refractivity contribution in [1.82, 2.24) is 9.88 Å². The molecule has 2 aromatic carbocycles. The van der Waals surface area contributed by atoms with Crippen molar-refractivity contribution in [2.75, 3.05) is 31.1 Å². The first kappa shape index (κ1) is 27.1. The number of benzene rings is 2. The zero-order valence-electron chi connectivity index (χ0n) is 22.1. The normalized spacial score (nSPS) is 17.1. The largest absolute Gasteiger partial charge is 0.370 e. The van der Waals surface area contributed by atoms with Gasteiger partial charge >= 0.3 is 0 Å². The molecule has 2 fully saturated rings. The number of pyridine rings is 1. The van der Waals surface area contributed by atoms with E-state index in [1.54, 1.807) is 30.5 Å². The number of nitriles is 1. The highest BCUT2D eigenvalue weighted by Gasteiger charge is 2.27. The maximum atomic E-state index is 12.9.